The van der Waals surface area contributed by atoms with Gasteiger partial charge in [-0.25, -0.2) is 0 Å². The molecule has 1 aliphatic carbocycles. The van der Waals surface area contributed by atoms with E-state index in [9.17, 15) is 0 Å². The lowest BCUT2D eigenvalue weighted by Crippen LogP contribution is -2.13. The third kappa shape index (κ3) is 1.12. The zero-order valence-electron chi connectivity index (χ0n) is 7.49. The van der Waals surface area contributed by atoms with Crippen molar-refractivity contribution in [3.05, 3.63) is 11.6 Å². The van der Waals surface area contributed by atoms with Crippen molar-refractivity contribution in [2.45, 2.75) is 38.8 Å². The molecule has 1 fully saturated rings. The first-order chi connectivity index (χ1) is 5.70. The molecule has 12 heavy (non-hydrogen) atoms. The standard InChI is InChI=1S/C8H14N4/c1-5(9)8-11-10-6(2)12(8)7-3-4-7/h5,7H,3-4,9H2,1-2H3/t5-/m0/s1. The summed E-state index contributed by atoms with van der Waals surface area (Å²) in [6, 6.07) is 0.618. The Morgan fingerprint density at radius 3 is 2.67 bits per heavy atom. The van der Waals surface area contributed by atoms with Crippen molar-refractivity contribution in [2.75, 3.05) is 0 Å². The van der Waals surface area contributed by atoms with E-state index in [4.69, 9.17) is 5.73 Å². The lowest BCUT2D eigenvalue weighted by atomic mass is 10.3. The first kappa shape index (κ1) is 7.73. The third-order valence-electron chi connectivity index (χ3n) is 2.21. The van der Waals surface area contributed by atoms with Crippen LogP contribution in [0.2, 0.25) is 0 Å². The smallest absolute Gasteiger partial charge is 0.149 e. The molecule has 1 heterocycles. The van der Waals surface area contributed by atoms with Crippen LogP contribution in [0.25, 0.3) is 0 Å². The fourth-order valence-corrected chi connectivity index (χ4v) is 1.48. The molecule has 2 rings (SSSR count). The molecule has 0 bridgehead atoms. The molecule has 1 atom stereocenters. The molecule has 4 nitrogen and oxygen atoms in total. The number of nitrogens with two attached hydrogens (primary N) is 1. The van der Waals surface area contributed by atoms with E-state index in [1.807, 2.05) is 13.8 Å². The summed E-state index contributed by atoms with van der Waals surface area (Å²) in [5.74, 6) is 1.92. The monoisotopic (exact) mass is 166 g/mol. The Morgan fingerprint density at radius 1 is 1.50 bits per heavy atom. The van der Waals surface area contributed by atoms with Crippen molar-refractivity contribution in [1.82, 2.24) is 14.8 Å². The van der Waals surface area contributed by atoms with Crippen LogP contribution >= 0.6 is 0 Å². The predicted octanol–water partition coefficient (Wildman–Crippen LogP) is 0.941. The van der Waals surface area contributed by atoms with Gasteiger partial charge in [-0.2, -0.15) is 0 Å². The van der Waals surface area contributed by atoms with E-state index in [2.05, 4.69) is 14.8 Å². The highest BCUT2D eigenvalue weighted by molar-refractivity contribution is 5.04. The molecule has 66 valence electrons. The molecule has 1 aliphatic rings. The van der Waals surface area contributed by atoms with E-state index in [0.717, 1.165) is 11.6 Å². The minimum atomic E-state index is -0.00759. The molecule has 1 aromatic heterocycles. The van der Waals surface area contributed by atoms with Crippen LogP contribution in [0, 0.1) is 6.92 Å². The molecule has 0 amide bonds. The van der Waals surface area contributed by atoms with Crippen LogP contribution in [0.5, 0.6) is 0 Å². The maximum atomic E-state index is 5.77. The topological polar surface area (TPSA) is 56.7 Å². The summed E-state index contributed by atoms with van der Waals surface area (Å²) in [5.41, 5.74) is 5.77. The van der Waals surface area contributed by atoms with Crippen molar-refractivity contribution in [3.63, 3.8) is 0 Å². The van der Waals surface area contributed by atoms with Crippen molar-refractivity contribution >= 4 is 0 Å². The quantitative estimate of drug-likeness (QED) is 0.711. The average molecular weight is 166 g/mol. The minimum Gasteiger partial charge on any atom is -0.322 e. The molecule has 0 saturated heterocycles. The summed E-state index contributed by atoms with van der Waals surface area (Å²) in [5, 5.41) is 8.10. The molecule has 0 spiro atoms. The summed E-state index contributed by atoms with van der Waals surface area (Å²) in [7, 11) is 0. The Bertz CT molecular complexity index is 285. The Morgan fingerprint density at radius 2 is 2.17 bits per heavy atom. The molecule has 0 unspecified atom stereocenters. The lowest BCUT2D eigenvalue weighted by molar-refractivity contribution is 0.614. The van der Waals surface area contributed by atoms with Gasteiger partial charge < -0.3 is 10.3 Å². The van der Waals surface area contributed by atoms with Gasteiger partial charge in [-0.05, 0) is 26.7 Å². The normalized spacial score (nSPS) is 19.6. The molecule has 0 radical (unpaired) electrons. The third-order valence-corrected chi connectivity index (χ3v) is 2.21. The van der Waals surface area contributed by atoms with E-state index in [1.54, 1.807) is 0 Å². The molecule has 2 N–H and O–H groups in total. The summed E-state index contributed by atoms with van der Waals surface area (Å²) < 4.78 is 2.17. The highest BCUT2D eigenvalue weighted by atomic mass is 15.3. The number of rotatable bonds is 2. The molecular formula is C8H14N4. The van der Waals surface area contributed by atoms with Crippen molar-refractivity contribution in [3.8, 4) is 0 Å². The Balaban J connectivity index is 2.39. The number of aromatic nitrogens is 3. The van der Waals surface area contributed by atoms with Crippen LogP contribution in [0.3, 0.4) is 0 Å². The fourth-order valence-electron chi connectivity index (χ4n) is 1.48. The van der Waals surface area contributed by atoms with Gasteiger partial charge in [0.1, 0.15) is 11.6 Å². The van der Waals surface area contributed by atoms with Gasteiger partial charge in [0, 0.05) is 6.04 Å². The maximum Gasteiger partial charge on any atom is 0.149 e. The first-order valence-corrected chi connectivity index (χ1v) is 4.37. The van der Waals surface area contributed by atoms with Gasteiger partial charge in [0.15, 0.2) is 0 Å². The van der Waals surface area contributed by atoms with Crippen LogP contribution in [-0.4, -0.2) is 14.8 Å². The average Bonchev–Trinajstić information content (AvgIpc) is 2.75. The zero-order valence-corrected chi connectivity index (χ0v) is 7.49. The summed E-state index contributed by atoms with van der Waals surface area (Å²) in [6.07, 6.45) is 2.50. The number of aryl methyl sites for hydroxylation is 1. The fraction of sp³-hybridized carbons (Fsp3) is 0.750. The maximum absolute atomic E-state index is 5.77. The molecule has 0 aromatic carbocycles. The highest BCUT2D eigenvalue weighted by Gasteiger charge is 2.28. The Hall–Kier alpha value is -0.900. The zero-order chi connectivity index (χ0) is 8.72. The second kappa shape index (κ2) is 2.55. The van der Waals surface area contributed by atoms with Crippen molar-refractivity contribution < 1.29 is 0 Å². The van der Waals surface area contributed by atoms with Crippen LogP contribution in [0.1, 0.15) is 43.5 Å². The lowest BCUT2D eigenvalue weighted by Gasteiger charge is -2.08. The van der Waals surface area contributed by atoms with Crippen molar-refractivity contribution in [2.24, 2.45) is 5.73 Å². The second-order valence-electron chi connectivity index (χ2n) is 3.50. The summed E-state index contributed by atoms with van der Waals surface area (Å²) in [4.78, 5) is 0. The van der Waals surface area contributed by atoms with E-state index in [-0.39, 0.29) is 6.04 Å². The predicted molar refractivity (Wildman–Crippen MR) is 45.6 cm³/mol. The first-order valence-electron chi connectivity index (χ1n) is 4.37. The molecule has 0 aliphatic heterocycles. The summed E-state index contributed by atoms with van der Waals surface area (Å²) >= 11 is 0. The van der Waals surface area contributed by atoms with E-state index < -0.39 is 0 Å². The molecule has 1 saturated carbocycles. The Labute approximate surface area is 71.8 Å². The highest BCUT2D eigenvalue weighted by Crippen LogP contribution is 2.37. The van der Waals surface area contributed by atoms with E-state index >= 15 is 0 Å². The van der Waals surface area contributed by atoms with Crippen LogP contribution < -0.4 is 5.73 Å². The van der Waals surface area contributed by atoms with E-state index in [0.29, 0.717) is 6.04 Å². The van der Waals surface area contributed by atoms with E-state index in [1.165, 1.54) is 12.8 Å². The van der Waals surface area contributed by atoms with Gasteiger partial charge in [0.05, 0.1) is 6.04 Å². The van der Waals surface area contributed by atoms with Gasteiger partial charge in [0.2, 0.25) is 0 Å². The van der Waals surface area contributed by atoms with Gasteiger partial charge >= 0.3 is 0 Å². The largest absolute Gasteiger partial charge is 0.322 e. The number of hydrogen-bond donors (Lipinski definition) is 1. The van der Waals surface area contributed by atoms with Gasteiger partial charge in [-0.1, -0.05) is 0 Å². The second-order valence-corrected chi connectivity index (χ2v) is 3.50. The number of nitrogens with zero attached hydrogens (tertiary/aromatic N) is 3. The summed E-state index contributed by atoms with van der Waals surface area (Å²) in [6.45, 7) is 3.93. The molecule has 4 heteroatoms. The van der Waals surface area contributed by atoms with Gasteiger partial charge in [0.25, 0.3) is 0 Å². The molecule has 1 aromatic rings. The molecular weight excluding hydrogens is 152 g/mol. The van der Waals surface area contributed by atoms with Crippen molar-refractivity contribution in [1.29, 1.82) is 0 Å². The van der Waals surface area contributed by atoms with Crippen LogP contribution in [0.15, 0.2) is 0 Å². The van der Waals surface area contributed by atoms with Gasteiger partial charge in [-0.3, -0.25) is 0 Å². The number of hydrogen-bond acceptors (Lipinski definition) is 3. The van der Waals surface area contributed by atoms with Gasteiger partial charge in [-0.15, -0.1) is 10.2 Å². The Kier molecular flexibility index (Phi) is 1.65. The van der Waals surface area contributed by atoms with Crippen LogP contribution in [-0.2, 0) is 0 Å². The van der Waals surface area contributed by atoms with Crippen LogP contribution in [0.4, 0.5) is 0 Å². The SMILES string of the molecule is Cc1nnc([C@H](C)N)n1C1CC1. The minimum absolute atomic E-state index is 0.00759.